The lowest BCUT2D eigenvalue weighted by atomic mass is 10.0. The Labute approximate surface area is 167 Å². The summed E-state index contributed by atoms with van der Waals surface area (Å²) in [5.41, 5.74) is 7.48. The number of carbonyl (C=O) groups is 3. The smallest absolute Gasteiger partial charge is 0.329 e. The molecule has 0 aromatic heterocycles. The number of hydrogen-bond acceptors (Lipinski definition) is 5. The summed E-state index contributed by atoms with van der Waals surface area (Å²) in [7, 11) is 0. The molecule has 0 fully saturated rings. The second-order valence-electron chi connectivity index (χ2n) is 6.18. The van der Waals surface area contributed by atoms with Crippen LogP contribution in [0, 0.1) is 0 Å². The number of ether oxygens (including phenoxy) is 1. The average Bonchev–Trinajstić information content (AvgIpc) is 2.92. The van der Waals surface area contributed by atoms with Gasteiger partial charge in [0, 0.05) is 12.1 Å². The van der Waals surface area contributed by atoms with Gasteiger partial charge in [-0.15, -0.1) is 0 Å². The Morgan fingerprint density at radius 2 is 1.68 bits per heavy atom. The molecular formula is C20H19N3O4S. The molecule has 0 bridgehead atoms. The van der Waals surface area contributed by atoms with E-state index in [9.17, 15) is 14.4 Å². The van der Waals surface area contributed by atoms with Crippen LogP contribution >= 0.6 is 12.2 Å². The van der Waals surface area contributed by atoms with Crippen molar-refractivity contribution >= 4 is 40.8 Å². The third-order valence-corrected chi connectivity index (χ3v) is 4.45. The number of imide groups is 1. The summed E-state index contributed by atoms with van der Waals surface area (Å²) in [6.45, 7) is 1.82. The normalized spacial score (nSPS) is 13.8. The van der Waals surface area contributed by atoms with Crippen molar-refractivity contribution in [2.24, 2.45) is 5.73 Å². The molecule has 1 heterocycles. The van der Waals surface area contributed by atoms with Crippen molar-refractivity contribution in [2.45, 2.75) is 19.4 Å². The molecule has 0 saturated heterocycles. The fourth-order valence-electron chi connectivity index (χ4n) is 3.10. The van der Waals surface area contributed by atoms with E-state index in [1.54, 1.807) is 55.5 Å². The van der Waals surface area contributed by atoms with Crippen LogP contribution in [0.2, 0.25) is 0 Å². The van der Waals surface area contributed by atoms with Gasteiger partial charge in [0.25, 0.3) is 11.8 Å². The Morgan fingerprint density at radius 1 is 1.11 bits per heavy atom. The number of hydrogen-bond donors (Lipinski definition) is 2. The molecule has 3 rings (SSSR count). The Kier molecular flexibility index (Phi) is 5.70. The van der Waals surface area contributed by atoms with Gasteiger partial charge in [-0.2, -0.15) is 0 Å². The highest BCUT2D eigenvalue weighted by atomic mass is 32.1. The predicted octanol–water partition coefficient (Wildman–Crippen LogP) is 2.11. The maximum atomic E-state index is 12.8. The zero-order valence-corrected chi connectivity index (χ0v) is 16.0. The number of rotatable bonds is 6. The van der Waals surface area contributed by atoms with Crippen molar-refractivity contribution in [3.63, 3.8) is 0 Å². The third-order valence-electron chi connectivity index (χ3n) is 4.35. The van der Waals surface area contributed by atoms with Crippen molar-refractivity contribution in [3.8, 4) is 0 Å². The minimum atomic E-state index is -1.05. The number of carbonyl (C=O) groups excluding carboxylic acids is 3. The van der Waals surface area contributed by atoms with Crippen molar-refractivity contribution in [1.82, 2.24) is 4.90 Å². The van der Waals surface area contributed by atoms with Crippen LogP contribution in [-0.4, -0.2) is 40.4 Å². The summed E-state index contributed by atoms with van der Waals surface area (Å²) in [6.07, 6.45) is 0.137. The molecule has 7 nitrogen and oxygen atoms in total. The molecule has 1 atom stereocenters. The SMILES string of the molecule is CCOC(=O)C(Cc1ccc(NC(N)=S)cc1)N1C(=O)c2ccccc2C1=O. The van der Waals surface area contributed by atoms with Crippen molar-refractivity contribution in [2.75, 3.05) is 11.9 Å². The predicted molar refractivity (Wildman–Crippen MR) is 108 cm³/mol. The first-order chi connectivity index (χ1) is 13.4. The molecule has 0 saturated carbocycles. The van der Waals surface area contributed by atoms with Gasteiger partial charge in [-0.25, -0.2) is 4.79 Å². The first-order valence-corrected chi connectivity index (χ1v) is 9.12. The second kappa shape index (κ2) is 8.18. The summed E-state index contributed by atoms with van der Waals surface area (Å²) in [5.74, 6) is -1.61. The largest absolute Gasteiger partial charge is 0.464 e. The third kappa shape index (κ3) is 3.86. The fourth-order valence-corrected chi connectivity index (χ4v) is 3.22. The van der Waals surface area contributed by atoms with E-state index in [0.717, 1.165) is 10.5 Å². The summed E-state index contributed by atoms with van der Waals surface area (Å²) in [4.78, 5) is 39.1. The molecule has 144 valence electrons. The highest BCUT2D eigenvalue weighted by molar-refractivity contribution is 7.80. The number of esters is 1. The van der Waals surface area contributed by atoms with Gasteiger partial charge in [0.15, 0.2) is 5.11 Å². The monoisotopic (exact) mass is 397 g/mol. The molecule has 3 N–H and O–H groups in total. The summed E-state index contributed by atoms with van der Waals surface area (Å²) < 4.78 is 5.13. The van der Waals surface area contributed by atoms with Crippen LogP contribution in [0.3, 0.4) is 0 Å². The number of anilines is 1. The van der Waals surface area contributed by atoms with Crippen LogP contribution in [0.15, 0.2) is 48.5 Å². The Bertz CT molecular complexity index is 908. The molecule has 1 aliphatic rings. The lowest BCUT2D eigenvalue weighted by molar-refractivity contribution is -0.147. The zero-order chi connectivity index (χ0) is 20.3. The first-order valence-electron chi connectivity index (χ1n) is 8.71. The first kappa shape index (κ1) is 19.5. The molecule has 28 heavy (non-hydrogen) atoms. The van der Waals surface area contributed by atoms with Gasteiger partial charge in [0.2, 0.25) is 0 Å². The average molecular weight is 397 g/mol. The minimum absolute atomic E-state index is 0.137. The fraction of sp³-hybridized carbons (Fsp3) is 0.200. The van der Waals surface area contributed by atoms with Crippen LogP contribution in [0.1, 0.15) is 33.2 Å². The molecule has 0 radical (unpaired) electrons. The van der Waals surface area contributed by atoms with E-state index in [2.05, 4.69) is 5.32 Å². The van der Waals surface area contributed by atoms with Crippen LogP contribution < -0.4 is 11.1 Å². The molecular weight excluding hydrogens is 378 g/mol. The molecule has 2 amide bonds. The maximum absolute atomic E-state index is 12.8. The van der Waals surface area contributed by atoms with E-state index in [1.807, 2.05) is 0 Å². The summed E-state index contributed by atoms with van der Waals surface area (Å²) >= 11 is 4.80. The van der Waals surface area contributed by atoms with Gasteiger partial charge in [-0.3, -0.25) is 14.5 Å². The van der Waals surface area contributed by atoms with Gasteiger partial charge in [0.05, 0.1) is 17.7 Å². The van der Waals surface area contributed by atoms with Gasteiger partial charge in [0.1, 0.15) is 6.04 Å². The number of benzene rings is 2. The van der Waals surface area contributed by atoms with Crippen LogP contribution in [0.4, 0.5) is 5.69 Å². The maximum Gasteiger partial charge on any atom is 0.329 e. The van der Waals surface area contributed by atoms with E-state index >= 15 is 0 Å². The molecule has 8 heteroatoms. The summed E-state index contributed by atoms with van der Waals surface area (Å²) in [6, 6.07) is 12.5. The number of nitrogens with zero attached hydrogens (tertiary/aromatic N) is 1. The number of amides is 2. The van der Waals surface area contributed by atoms with E-state index in [0.29, 0.717) is 5.69 Å². The highest BCUT2D eigenvalue weighted by Crippen LogP contribution is 2.26. The number of fused-ring (bicyclic) bond motifs is 1. The Morgan fingerprint density at radius 3 is 2.18 bits per heavy atom. The van der Waals surface area contributed by atoms with Crippen LogP contribution in [-0.2, 0) is 16.0 Å². The highest BCUT2D eigenvalue weighted by Gasteiger charge is 2.43. The van der Waals surface area contributed by atoms with Gasteiger partial charge in [-0.1, -0.05) is 24.3 Å². The van der Waals surface area contributed by atoms with E-state index in [1.165, 1.54) is 0 Å². The van der Waals surface area contributed by atoms with Gasteiger partial charge >= 0.3 is 5.97 Å². The number of thiocarbonyl (C=S) groups is 1. The molecule has 2 aromatic rings. The van der Waals surface area contributed by atoms with Crippen molar-refractivity contribution in [3.05, 3.63) is 65.2 Å². The van der Waals surface area contributed by atoms with Crippen molar-refractivity contribution in [1.29, 1.82) is 0 Å². The lowest BCUT2D eigenvalue weighted by Gasteiger charge is -2.24. The standard InChI is InChI=1S/C20H19N3O4S/c1-2-27-19(26)16(11-12-7-9-13(10-8-12)22-20(21)28)23-17(24)14-5-3-4-6-15(14)18(23)25/h3-10,16H,2,11H2,1H3,(H3,21,22,28). The van der Waals surface area contributed by atoms with Crippen molar-refractivity contribution < 1.29 is 19.1 Å². The quantitative estimate of drug-likeness (QED) is 0.437. The van der Waals surface area contributed by atoms with Gasteiger partial charge in [-0.05, 0) is 49.0 Å². The minimum Gasteiger partial charge on any atom is -0.464 e. The van der Waals surface area contributed by atoms with Crippen LogP contribution in [0.5, 0.6) is 0 Å². The molecule has 2 aromatic carbocycles. The Hall–Kier alpha value is -3.26. The molecule has 0 spiro atoms. The topological polar surface area (TPSA) is 102 Å². The van der Waals surface area contributed by atoms with E-state index < -0.39 is 23.8 Å². The Balaban J connectivity index is 1.88. The number of nitrogens with two attached hydrogens (primary N) is 1. The van der Waals surface area contributed by atoms with Gasteiger partial charge < -0.3 is 15.8 Å². The second-order valence-corrected chi connectivity index (χ2v) is 6.62. The lowest BCUT2D eigenvalue weighted by Crippen LogP contribution is -2.47. The van der Waals surface area contributed by atoms with Crippen LogP contribution in [0.25, 0.3) is 0 Å². The van der Waals surface area contributed by atoms with E-state index in [4.69, 9.17) is 22.7 Å². The summed E-state index contributed by atoms with van der Waals surface area (Å²) in [5, 5.41) is 2.95. The van der Waals surface area contributed by atoms with E-state index in [-0.39, 0.29) is 29.3 Å². The number of nitrogens with one attached hydrogen (secondary N) is 1. The molecule has 1 aliphatic heterocycles. The zero-order valence-electron chi connectivity index (χ0n) is 15.2. The molecule has 1 unspecified atom stereocenters. The molecule has 0 aliphatic carbocycles.